The largest absolute Gasteiger partial charge is 0.378 e. The maximum atomic E-state index is 3.41. The molecule has 0 aromatic heterocycles. The lowest BCUT2D eigenvalue weighted by atomic mass is 10.1. The van der Waals surface area contributed by atoms with E-state index in [9.17, 15) is 0 Å². The first-order chi connectivity index (χ1) is 8.13. The van der Waals surface area contributed by atoms with Crippen molar-refractivity contribution in [1.82, 2.24) is 5.32 Å². The van der Waals surface area contributed by atoms with Crippen LogP contribution in [-0.4, -0.2) is 27.2 Å². The van der Waals surface area contributed by atoms with Crippen molar-refractivity contribution in [3.8, 4) is 0 Å². The number of hydrogen-bond donors (Lipinski definition) is 1. The molecule has 0 saturated heterocycles. The predicted molar refractivity (Wildman–Crippen MR) is 77.6 cm³/mol. The standard InChI is InChI=1S/C15H24N2/c1-5-10-16-12-13(2)11-14-6-8-15(9-7-14)17(3)4/h6-9,11,16H,5,10,12H2,1-4H3. The van der Waals surface area contributed by atoms with Gasteiger partial charge in [-0.15, -0.1) is 0 Å². The molecular formula is C15H24N2. The van der Waals surface area contributed by atoms with Crippen molar-refractivity contribution in [1.29, 1.82) is 0 Å². The van der Waals surface area contributed by atoms with Gasteiger partial charge < -0.3 is 10.2 Å². The molecule has 1 rings (SSSR count). The molecule has 0 radical (unpaired) electrons. The first-order valence-electron chi connectivity index (χ1n) is 6.28. The van der Waals surface area contributed by atoms with Crippen LogP contribution in [0, 0.1) is 0 Å². The molecule has 0 saturated carbocycles. The Kier molecular flexibility index (Phi) is 5.78. The smallest absolute Gasteiger partial charge is 0.0361 e. The van der Waals surface area contributed by atoms with Gasteiger partial charge in [-0.3, -0.25) is 0 Å². The molecular weight excluding hydrogens is 208 g/mol. The van der Waals surface area contributed by atoms with Gasteiger partial charge in [-0.1, -0.05) is 30.7 Å². The molecule has 17 heavy (non-hydrogen) atoms. The number of anilines is 1. The summed E-state index contributed by atoms with van der Waals surface area (Å²) in [4.78, 5) is 2.11. The van der Waals surface area contributed by atoms with Crippen LogP contribution in [0.15, 0.2) is 29.8 Å². The minimum Gasteiger partial charge on any atom is -0.378 e. The molecule has 0 spiro atoms. The zero-order chi connectivity index (χ0) is 12.7. The molecule has 2 nitrogen and oxygen atoms in total. The van der Waals surface area contributed by atoms with Gasteiger partial charge in [-0.05, 0) is 37.6 Å². The summed E-state index contributed by atoms with van der Waals surface area (Å²) in [7, 11) is 4.12. The van der Waals surface area contributed by atoms with E-state index >= 15 is 0 Å². The Balaban J connectivity index is 2.58. The monoisotopic (exact) mass is 232 g/mol. The van der Waals surface area contributed by atoms with E-state index in [0.717, 1.165) is 13.1 Å². The maximum absolute atomic E-state index is 3.41. The molecule has 1 aromatic rings. The van der Waals surface area contributed by atoms with Crippen molar-refractivity contribution in [3.63, 3.8) is 0 Å². The van der Waals surface area contributed by atoms with Gasteiger partial charge >= 0.3 is 0 Å². The molecule has 94 valence electrons. The number of hydrogen-bond acceptors (Lipinski definition) is 2. The van der Waals surface area contributed by atoms with Crippen molar-refractivity contribution in [2.75, 3.05) is 32.1 Å². The van der Waals surface area contributed by atoms with Crippen LogP contribution in [-0.2, 0) is 0 Å². The summed E-state index contributed by atoms with van der Waals surface area (Å²) in [6, 6.07) is 8.63. The quantitative estimate of drug-likeness (QED) is 0.758. The zero-order valence-electron chi connectivity index (χ0n) is 11.5. The number of benzene rings is 1. The number of nitrogens with one attached hydrogen (secondary N) is 1. The Morgan fingerprint density at radius 2 is 1.88 bits per heavy atom. The molecule has 0 aliphatic rings. The lowest BCUT2D eigenvalue weighted by molar-refractivity contribution is 0.715. The van der Waals surface area contributed by atoms with Gasteiger partial charge in [0.1, 0.15) is 0 Å². The minimum atomic E-state index is 0.975. The highest BCUT2D eigenvalue weighted by Gasteiger charge is 1.95. The zero-order valence-corrected chi connectivity index (χ0v) is 11.5. The summed E-state index contributed by atoms with van der Waals surface area (Å²) in [6.07, 6.45) is 3.42. The van der Waals surface area contributed by atoms with E-state index in [1.807, 2.05) is 0 Å². The average Bonchev–Trinajstić information content (AvgIpc) is 2.30. The molecule has 2 heteroatoms. The van der Waals surface area contributed by atoms with Gasteiger partial charge in [0.25, 0.3) is 0 Å². The molecule has 0 aliphatic carbocycles. The van der Waals surface area contributed by atoms with E-state index in [1.54, 1.807) is 0 Å². The predicted octanol–water partition coefficient (Wildman–Crippen LogP) is 3.16. The van der Waals surface area contributed by atoms with Gasteiger partial charge in [-0.25, -0.2) is 0 Å². The molecule has 0 fully saturated rings. The maximum Gasteiger partial charge on any atom is 0.0361 e. The van der Waals surface area contributed by atoms with Crippen LogP contribution in [0.3, 0.4) is 0 Å². The first kappa shape index (κ1) is 13.8. The van der Waals surface area contributed by atoms with E-state index < -0.39 is 0 Å². The minimum absolute atomic E-state index is 0.975. The van der Waals surface area contributed by atoms with Crippen LogP contribution in [0.2, 0.25) is 0 Å². The number of nitrogens with zero attached hydrogens (tertiary/aromatic N) is 1. The summed E-state index contributed by atoms with van der Waals surface area (Å²) in [6.45, 7) is 6.42. The van der Waals surface area contributed by atoms with Crippen LogP contribution in [0.1, 0.15) is 25.8 Å². The highest BCUT2D eigenvalue weighted by molar-refractivity contribution is 5.57. The molecule has 0 unspecified atom stereocenters. The van der Waals surface area contributed by atoms with E-state index in [4.69, 9.17) is 0 Å². The Labute approximate surface area is 105 Å². The van der Waals surface area contributed by atoms with E-state index in [-0.39, 0.29) is 0 Å². The molecule has 0 bridgehead atoms. The van der Waals surface area contributed by atoms with E-state index in [2.05, 4.69) is 68.5 Å². The fraction of sp³-hybridized carbons (Fsp3) is 0.467. The molecule has 1 aromatic carbocycles. The van der Waals surface area contributed by atoms with Gasteiger partial charge in [-0.2, -0.15) is 0 Å². The second kappa shape index (κ2) is 7.13. The summed E-state index contributed by atoms with van der Waals surface area (Å²) in [5, 5.41) is 3.41. The van der Waals surface area contributed by atoms with Crippen LogP contribution >= 0.6 is 0 Å². The highest BCUT2D eigenvalue weighted by Crippen LogP contribution is 2.14. The molecule has 0 amide bonds. The SMILES string of the molecule is CCCNCC(C)=Cc1ccc(N(C)C)cc1. The van der Waals surface area contributed by atoms with Crippen LogP contribution in [0.25, 0.3) is 6.08 Å². The van der Waals surface area contributed by atoms with Gasteiger partial charge in [0.15, 0.2) is 0 Å². The average molecular weight is 232 g/mol. The third kappa shape index (κ3) is 5.05. The molecule has 1 N–H and O–H groups in total. The van der Waals surface area contributed by atoms with Crippen LogP contribution in [0.4, 0.5) is 5.69 Å². The second-order valence-electron chi connectivity index (χ2n) is 4.65. The van der Waals surface area contributed by atoms with E-state index in [1.165, 1.54) is 23.2 Å². The normalized spacial score (nSPS) is 11.6. The molecule has 0 aliphatic heterocycles. The fourth-order valence-corrected chi connectivity index (χ4v) is 1.67. The van der Waals surface area contributed by atoms with Crippen molar-refractivity contribution in [2.24, 2.45) is 0 Å². The Morgan fingerprint density at radius 1 is 1.24 bits per heavy atom. The lowest BCUT2D eigenvalue weighted by Crippen LogP contribution is -2.16. The summed E-state index contributed by atoms with van der Waals surface area (Å²) < 4.78 is 0. The summed E-state index contributed by atoms with van der Waals surface area (Å²) in [5.74, 6) is 0. The van der Waals surface area contributed by atoms with E-state index in [0.29, 0.717) is 0 Å². The molecule has 0 heterocycles. The second-order valence-corrected chi connectivity index (χ2v) is 4.65. The lowest BCUT2D eigenvalue weighted by Gasteiger charge is -2.12. The Hall–Kier alpha value is -1.28. The fourth-order valence-electron chi connectivity index (χ4n) is 1.67. The first-order valence-corrected chi connectivity index (χ1v) is 6.28. The summed E-state index contributed by atoms with van der Waals surface area (Å²) >= 11 is 0. The van der Waals surface area contributed by atoms with Crippen LogP contribution in [0.5, 0.6) is 0 Å². The van der Waals surface area contributed by atoms with Crippen molar-refractivity contribution in [3.05, 3.63) is 35.4 Å². The Bertz CT molecular complexity index is 350. The van der Waals surface area contributed by atoms with Crippen molar-refractivity contribution >= 4 is 11.8 Å². The third-order valence-electron chi connectivity index (χ3n) is 2.65. The number of rotatable bonds is 6. The highest BCUT2D eigenvalue weighted by atomic mass is 15.1. The topological polar surface area (TPSA) is 15.3 Å². The van der Waals surface area contributed by atoms with Crippen molar-refractivity contribution < 1.29 is 0 Å². The molecule has 0 atom stereocenters. The van der Waals surface area contributed by atoms with Gasteiger partial charge in [0.05, 0.1) is 0 Å². The van der Waals surface area contributed by atoms with Crippen LogP contribution < -0.4 is 10.2 Å². The van der Waals surface area contributed by atoms with Gasteiger partial charge in [0.2, 0.25) is 0 Å². The van der Waals surface area contributed by atoms with Gasteiger partial charge in [0, 0.05) is 26.3 Å². The third-order valence-corrected chi connectivity index (χ3v) is 2.65. The summed E-state index contributed by atoms with van der Waals surface area (Å²) in [5.41, 5.74) is 3.88. The van der Waals surface area contributed by atoms with Crippen molar-refractivity contribution in [2.45, 2.75) is 20.3 Å². The Morgan fingerprint density at radius 3 is 2.41 bits per heavy atom.